The van der Waals surface area contributed by atoms with Gasteiger partial charge in [-0.2, -0.15) is 0 Å². The van der Waals surface area contributed by atoms with Crippen molar-refractivity contribution < 1.29 is 9.59 Å². The molecule has 1 atom stereocenters. The topological polar surface area (TPSA) is 71.1 Å². The highest BCUT2D eigenvalue weighted by Crippen LogP contribution is 2.32. The van der Waals surface area contributed by atoms with Gasteiger partial charge in [0.05, 0.1) is 5.69 Å². The fraction of sp³-hybridized carbons (Fsp3) is 0.353. The lowest BCUT2D eigenvalue weighted by atomic mass is 9.93. The molecule has 1 aliphatic rings. The minimum Gasteiger partial charge on any atom is -0.326 e. The number of rotatable bonds is 3. The molecular weight excluding hydrogens is 310 g/mol. The number of carbonyl (C=O) groups is 2. The van der Waals surface area contributed by atoms with Crippen molar-refractivity contribution in [3.63, 3.8) is 0 Å². The second kappa shape index (κ2) is 6.50. The molecule has 1 heterocycles. The summed E-state index contributed by atoms with van der Waals surface area (Å²) < 4.78 is 0. The Balaban J connectivity index is 1.73. The van der Waals surface area contributed by atoms with Gasteiger partial charge in [0.1, 0.15) is 0 Å². The highest BCUT2D eigenvalue weighted by molar-refractivity contribution is 7.15. The van der Waals surface area contributed by atoms with Gasteiger partial charge in [-0.1, -0.05) is 13.0 Å². The van der Waals surface area contributed by atoms with E-state index in [2.05, 4.69) is 22.5 Å². The van der Waals surface area contributed by atoms with Crippen molar-refractivity contribution in [3.05, 3.63) is 40.4 Å². The lowest BCUT2D eigenvalue weighted by Gasteiger charge is -2.15. The molecule has 5 nitrogen and oxygen atoms in total. The molecule has 0 fully saturated rings. The Kier molecular flexibility index (Phi) is 4.43. The Morgan fingerprint density at radius 2 is 2.13 bits per heavy atom. The number of nitrogens with zero attached hydrogens (tertiary/aromatic N) is 1. The van der Waals surface area contributed by atoms with Gasteiger partial charge in [-0.25, -0.2) is 4.98 Å². The molecule has 23 heavy (non-hydrogen) atoms. The van der Waals surface area contributed by atoms with E-state index in [4.69, 9.17) is 0 Å². The van der Waals surface area contributed by atoms with Gasteiger partial charge in [0.25, 0.3) is 5.91 Å². The molecule has 1 aliphatic carbocycles. The van der Waals surface area contributed by atoms with E-state index in [1.165, 1.54) is 11.8 Å². The third kappa shape index (κ3) is 3.76. The van der Waals surface area contributed by atoms with Gasteiger partial charge in [-0.15, -0.1) is 11.3 Å². The zero-order valence-electron chi connectivity index (χ0n) is 13.2. The van der Waals surface area contributed by atoms with Crippen LogP contribution in [-0.2, 0) is 17.6 Å². The van der Waals surface area contributed by atoms with Crippen molar-refractivity contribution >= 4 is 34.0 Å². The first-order chi connectivity index (χ1) is 11.0. The zero-order chi connectivity index (χ0) is 16.4. The Hall–Kier alpha value is -2.21. The van der Waals surface area contributed by atoms with E-state index in [1.807, 2.05) is 0 Å². The second-order valence-electron chi connectivity index (χ2n) is 5.95. The average molecular weight is 329 g/mol. The van der Waals surface area contributed by atoms with Gasteiger partial charge in [-0.05, 0) is 43.4 Å². The number of benzene rings is 1. The molecule has 0 radical (unpaired) electrons. The molecule has 120 valence electrons. The lowest BCUT2D eigenvalue weighted by Crippen LogP contribution is -2.13. The van der Waals surface area contributed by atoms with Crippen LogP contribution in [0, 0.1) is 5.92 Å². The van der Waals surface area contributed by atoms with Crippen LogP contribution in [0.4, 0.5) is 10.8 Å². The standard InChI is InChI=1S/C17H19N3O2S/c1-10-6-7-14-15(8-10)23-17(19-14)20-16(22)12-4-3-5-13(9-12)18-11(2)21/h3-5,9-10H,6-8H2,1-2H3,(H,18,21)(H,19,20,22)/t10-/m0/s1. The lowest BCUT2D eigenvalue weighted by molar-refractivity contribution is -0.114. The second-order valence-corrected chi connectivity index (χ2v) is 7.04. The minimum absolute atomic E-state index is 0.163. The molecular formula is C17H19N3O2S. The Labute approximate surface area is 139 Å². The number of thiazole rings is 1. The first-order valence-corrected chi connectivity index (χ1v) is 8.50. The fourth-order valence-electron chi connectivity index (χ4n) is 2.70. The molecule has 0 spiro atoms. The van der Waals surface area contributed by atoms with E-state index >= 15 is 0 Å². The molecule has 6 heteroatoms. The van der Waals surface area contributed by atoms with Gasteiger partial charge in [0.15, 0.2) is 5.13 Å². The predicted octanol–water partition coefficient (Wildman–Crippen LogP) is 3.48. The third-order valence-corrected chi connectivity index (χ3v) is 4.89. The van der Waals surface area contributed by atoms with Crippen LogP contribution in [0.1, 0.15) is 41.2 Å². The Bertz CT molecular complexity index is 754. The summed E-state index contributed by atoms with van der Waals surface area (Å²) in [7, 11) is 0. The number of carbonyl (C=O) groups excluding carboxylic acids is 2. The maximum absolute atomic E-state index is 12.4. The van der Waals surface area contributed by atoms with E-state index in [-0.39, 0.29) is 11.8 Å². The van der Waals surface area contributed by atoms with Gasteiger partial charge in [-0.3, -0.25) is 14.9 Å². The summed E-state index contributed by atoms with van der Waals surface area (Å²) in [6.45, 7) is 3.68. The number of amides is 2. The monoisotopic (exact) mass is 329 g/mol. The number of nitrogens with one attached hydrogen (secondary N) is 2. The molecule has 1 aromatic heterocycles. The summed E-state index contributed by atoms with van der Waals surface area (Å²) in [5.41, 5.74) is 2.23. The molecule has 0 aliphatic heterocycles. The van der Waals surface area contributed by atoms with Crippen LogP contribution in [0.3, 0.4) is 0 Å². The van der Waals surface area contributed by atoms with E-state index in [9.17, 15) is 9.59 Å². The molecule has 1 aromatic carbocycles. The molecule has 0 saturated carbocycles. The van der Waals surface area contributed by atoms with E-state index < -0.39 is 0 Å². The van der Waals surface area contributed by atoms with Gasteiger partial charge in [0, 0.05) is 23.1 Å². The highest BCUT2D eigenvalue weighted by atomic mass is 32.1. The van der Waals surface area contributed by atoms with Crippen molar-refractivity contribution in [2.24, 2.45) is 5.92 Å². The van der Waals surface area contributed by atoms with E-state index in [0.29, 0.717) is 22.3 Å². The predicted molar refractivity (Wildman–Crippen MR) is 92.0 cm³/mol. The van der Waals surface area contributed by atoms with Crippen LogP contribution >= 0.6 is 11.3 Å². The summed E-state index contributed by atoms with van der Waals surface area (Å²) in [6, 6.07) is 6.87. The summed E-state index contributed by atoms with van der Waals surface area (Å²) in [5.74, 6) is 0.307. The molecule has 0 unspecified atom stereocenters. The summed E-state index contributed by atoms with van der Waals surface area (Å²) in [6.07, 6.45) is 3.19. The molecule has 3 rings (SSSR count). The van der Waals surface area contributed by atoms with Crippen molar-refractivity contribution in [1.82, 2.24) is 4.98 Å². The number of hydrogen-bond donors (Lipinski definition) is 2. The minimum atomic E-state index is -0.212. The number of fused-ring (bicyclic) bond motifs is 1. The maximum atomic E-state index is 12.4. The maximum Gasteiger partial charge on any atom is 0.257 e. The first-order valence-electron chi connectivity index (χ1n) is 7.69. The molecule has 2 N–H and O–H groups in total. The van der Waals surface area contributed by atoms with Crippen LogP contribution in [0.25, 0.3) is 0 Å². The zero-order valence-corrected chi connectivity index (χ0v) is 14.0. The molecule has 0 saturated heterocycles. The Morgan fingerprint density at radius 1 is 1.30 bits per heavy atom. The van der Waals surface area contributed by atoms with Crippen molar-refractivity contribution in [2.45, 2.75) is 33.1 Å². The molecule has 0 bridgehead atoms. The molecule has 2 aromatic rings. The number of anilines is 2. The van der Waals surface area contributed by atoms with Crippen LogP contribution in [-0.4, -0.2) is 16.8 Å². The molecule has 2 amide bonds. The quantitative estimate of drug-likeness (QED) is 0.905. The smallest absolute Gasteiger partial charge is 0.257 e. The van der Waals surface area contributed by atoms with E-state index in [0.717, 1.165) is 25.0 Å². The average Bonchev–Trinajstić information content (AvgIpc) is 2.88. The first kappa shape index (κ1) is 15.7. The Morgan fingerprint density at radius 3 is 2.91 bits per heavy atom. The largest absolute Gasteiger partial charge is 0.326 e. The number of hydrogen-bond acceptors (Lipinski definition) is 4. The van der Waals surface area contributed by atoms with E-state index in [1.54, 1.807) is 35.6 Å². The summed E-state index contributed by atoms with van der Waals surface area (Å²) >= 11 is 1.56. The SMILES string of the molecule is CC(=O)Nc1cccc(C(=O)Nc2nc3c(s2)C[C@@H](C)CC3)c1. The summed E-state index contributed by atoms with van der Waals surface area (Å²) in [4.78, 5) is 29.3. The number of aromatic nitrogens is 1. The van der Waals surface area contributed by atoms with Gasteiger partial charge in [0.2, 0.25) is 5.91 Å². The van der Waals surface area contributed by atoms with Crippen LogP contribution < -0.4 is 10.6 Å². The van der Waals surface area contributed by atoms with Crippen LogP contribution in [0.15, 0.2) is 24.3 Å². The third-order valence-electron chi connectivity index (χ3n) is 3.85. The normalized spacial score (nSPS) is 16.5. The fourth-order valence-corrected chi connectivity index (χ4v) is 3.87. The van der Waals surface area contributed by atoms with Crippen LogP contribution in [0.2, 0.25) is 0 Å². The van der Waals surface area contributed by atoms with Gasteiger partial charge < -0.3 is 5.32 Å². The van der Waals surface area contributed by atoms with Crippen LogP contribution in [0.5, 0.6) is 0 Å². The van der Waals surface area contributed by atoms with Crippen molar-refractivity contribution in [1.29, 1.82) is 0 Å². The van der Waals surface area contributed by atoms with Crippen molar-refractivity contribution in [2.75, 3.05) is 10.6 Å². The number of aryl methyl sites for hydroxylation is 1. The highest BCUT2D eigenvalue weighted by Gasteiger charge is 2.20. The van der Waals surface area contributed by atoms with Gasteiger partial charge >= 0.3 is 0 Å². The van der Waals surface area contributed by atoms with Crippen molar-refractivity contribution in [3.8, 4) is 0 Å². The summed E-state index contributed by atoms with van der Waals surface area (Å²) in [5, 5.41) is 6.20.